The Morgan fingerprint density at radius 1 is 0.744 bits per heavy atom. The summed E-state index contributed by atoms with van der Waals surface area (Å²) in [6.45, 7) is 17.5. The minimum Gasteiger partial charge on any atom is -0.454 e. The Morgan fingerprint density at radius 2 is 1.47 bits per heavy atom. The van der Waals surface area contributed by atoms with Crippen molar-refractivity contribution in [3.63, 3.8) is 0 Å². The molecule has 1 spiro atoms. The quantitative estimate of drug-likeness (QED) is 0.0572. The topological polar surface area (TPSA) is 114 Å². The fourth-order valence-corrected chi connectivity index (χ4v) is 9.90. The van der Waals surface area contributed by atoms with Crippen LogP contribution in [0.25, 0.3) is 33.8 Å². The predicted molar refractivity (Wildman–Crippen MR) is 336 cm³/mol. The van der Waals surface area contributed by atoms with Crippen molar-refractivity contribution in [2.45, 2.75) is 32.2 Å². The highest BCUT2D eigenvalue weighted by Crippen LogP contribution is 2.59. The molecule has 7 aromatic rings. The first-order valence-corrected chi connectivity index (χ1v) is 26.1. The second kappa shape index (κ2) is 26.7. The summed E-state index contributed by atoms with van der Waals surface area (Å²) in [6, 6.07) is 51.8. The Morgan fingerprint density at radius 3 is 2.24 bits per heavy atom. The van der Waals surface area contributed by atoms with Crippen LogP contribution in [-0.2, 0) is 12.0 Å². The van der Waals surface area contributed by atoms with Crippen LogP contribution in [0.1, 0.15) is 65.0 Å². The van der Waals surface area contributed by atoms with Gasteiger partial charge in [-0.05, 0) is 120 Å². The first kappa shape index (κ1) is 54.6. The fourth-order valence-electron chi connectivity index (χ4n) is 9.90. The summed E-state index contributed by atoms with van der Waals surface area (Å²) in [6.07, 6.45) is 35.0. The molecule has 0 saturated heterocycles. The molecule has 7 heteroatoms. The van der Waals surface area contributed by atoms with E-state index in [1.165, 1.54) is 7.05 Å². The summed E-state index contributed by atoms with van der Waals surface area (Å²) < 4.78 is 6.54. The van der Waals surface area contributed by atoms with Crippen molar-refractivity contribution in [1.82, 2.24) is 0 Å². The predicted octanol–water partition coefficient (Wildman–Crippen LogP) is 17.1. The molecule has 0 saturated carbocycles. The second-order valence-electron chi connectivity index (χ2n) is 18.3. The molecule has 0 radical (unpaired) electrons. The van der Waals surface area contributed by atoms with Crippen LogP contribution in [0.4, 0.5) is 17.1 Å². The normalized spacial score (nSPS) is 18.0. The molecule has 0 bridgehead atoms. The molecule has 7 nitrogen and oxygen atoms in total. The van der Waals surface area contributed by atoms with Gasteiger partial charge in [-0.3, -0.25) is 4.99 Å². The summed E-state index contributed by atoms with van der Waals surface area (Å²) >= 11 is 0. The van der Waals surface area contributed by atoms with Crippen molar-refractivity contribution in [1.29, 1.82) is 0 Å². The second-order valence-corrected chi connectivity index (χ2v) is 18.3. The zero-order valence-electron chi connectivity index (χ0n) is 44.7. The van der Waals surface area contributed by atoms with Gasteiger partial charge in [0.15, 0.2) is 11.6 Å². The first-order chi connectivity index (χ1) is 38.4. The van der Waals surface area contributed by atoms with Crippen LogP contribution >= 0.6 is 0 Å². The number of furan rings is 1. The Balaban J connectivity index is 0.00000397. The SMILES string of the molecule is C=C/C=C\C=C/CC(/C=C/C=C1\C(=C/N)c2cc(C(N=C)=Nc3c(\C=C/C(=C\C=C\C)c4ccccc4)oc4ccccc34)ccc2C12C(=C)/C=C\C=C(/C)c1ccccc1Nc1ccccc12)=NCc1ccccc1.CN. The summed E-state index contributed by atoms with van der Waals surface area (Å²) in [7, 11) is 1.50. The highest BCUT2D eigenvalue weighted by atomic mass is 16.3. The van der Waals surface area contributed by atoms with Crippen LogP contribution in [0.15, 0.2) is 293 Å². The molecule has 0 fully saturated rings. The lowest BCUT2D eigenvalue weighted by Crippen LogP contribution is -2.30. The Hall–Kier alpha value is -9.69. The van der Waals surface area contributed by atoms with Gasteiger partial charge in [0.2, 0.25) is 0 Å². The fraction of sp³-hybridized carbons (Fsp3) is 0.0845. The number of aliphatic imine (C=N–C) groups is 3. The number of para-hydroxylation sites is 3. The van der Waals surface area contributed by atoms with E-state index in [0.717, 1.165) is 89.3 Å². The van der Waals surface area contributed by atoms with Crippen LogP contribution in [0, 0.1) is 0 Å². The zero-order chi connectivity index (χ0) is 54.7. The van der Waals surface area contributed by atoms with Crippen molar-refractivity contribution in [2.75, 3.05) is 12.4 Å². The van der Waals surface area contributed by atoms with Gasteiger partial charge in [-0.1, -0.05) is 220 Å². The van der Waals surface area contributed by atoms with E-state index in [4.69, 9.17) is 26.7 Å². The van der Waals surface area contributed by atoms with Crippen LogP contribution in [0.5, 0.6) is 0 Å². The minimum absolute atomic E-state index is 0.426. The van der Waals surface area contributed by atoms with E-state index in [9.17, 15) is 0 Å². The summed E-state index contributed by atoms with van der Waals surface area (Å²) in [5.41, 5.74) is 26.4. The van der Waals surface area contributed by atoms with Gasteiger partial charge in [-0.2, -0.15) is 0 Å². The van der Waals surface area contributed by atoms with E-state index in [1.807, 2.05) is 104 Å². The lowest BCUT2D eigenvalue weighted by Gasteiger charge is -2.36. The number of allylic oxidation sites excluding steroid dienone is 20. The van der Waals surface area contributed by atoms with Crippen LogP contribution in [-0.4, -0.2) is 25.3 Å². The van der Waals surface area contributed by atoms with Crippen LogP contribution in [0.2, 0.25) is 0 Å². The molecule has 1 aromatic heterocycles. The first-order valence-electron chi connectivity index (χ1n) is 26.1. The molecule has 78 heavy (non-hydrogen) atoms. The third-order valence-corrected chi connectivity index (χ3v) is 13.5. The minimum atomic E-state index is -0.949. The number of anilines is 2. The van der Waals surface area contributed by atoms with Crippen molar-refractivity contribution >= 4 is 69.1 Å². The highest BCUT2D eigenvalue weighted by molar-refractivity contribution is 6.08. The number of nitrogens with two attached hydrogens (primary N) is 2. The molecule has 1 aliphatic heterocycles. The third-order valence-electron chi connectivity index (χ3n) is 13.5. The number of hydrogen-bond acceptors (Lipinski definition) is 6. The lowest BCUT2D eigenvalue weighted by atomic mass is 9.66. The van der Waals surface area contributed by atoms with Crippen molar-refractivity contribution in [3.8, 4) is 0 Å². The maximum atomic E-state index is 6.92. The largest absolute Gasteiger partial charge is 0.454 e. The molecule has 1 atom stereocenters. The molecule has 6 aromatic carbocycles. The third kappa shape index (κ3) is 12.0. The van der Waals surface area contributed by atoms with Gasteiger partial charge in [-0.15, -0.1) is 0 Å². The van der Waals surface area contributed by atoms with Gasteiger partial charge in [0.1, 0.15) is 11.3 Å². The van der Waals surface area contributed by atoms with Crippen LogP contribution < -0.4 is 16.8 Å². The summed E-state index contributed by atoms with van der Waals surface area (Å²) in [5.74, 6) is 1.02. The highest BCUT2D eigenvalue weighted by Gasteiger charge is 2.49. The average Bonchev–Trinajstić information content (AvgIpc) is 4.08. The molecule has 1 unspecified atom stereocenters. The maximum Gasteiger partial charge on any atom is 0.159 e. The number of nitrogens with zero attached hydrogens (tertiary/aromatic N) is 3. The van der Waals surface area contributed by atoms with Gasteiger partial charge < -0.3 is 21.2 Å². The van der Waals surface area contributed by atoms with Gasteiger partial charge in [-0.25, -0.2) is 9.98 Å². The molecule has 9 rings (SSSR count). The van der Waals surface area contributed by atoms with Gasteiger partial charge >= 0.3 is 0 Å². The number of amidine groups is 1. The monoisotopic (exact) mass is 1020 g/mol. The summed E-state index contributed by atoms with van der Waals surface area (Å²) in [4.78, 5) is 15.0. The smallest absolute Gasteiger partial charge is 0.159 e. The van der Waals surface area contributed by atoms with Gasteiger partial charge in [0, 0.05) is 51.8 Å². The Kier molecular flexibility index (Phi) is 18.7. The molecule has 5 N–H and O–H groups in total. The molecule has 386 valence electrons. The summed E-state index contributed by atoms with van der Waals surface area (Å²) in [5, 5.41) is 4.74. The number of nitrogens with one attached hydrogen (secondary N) is 1. The zero-order valence-corrected chi connectivity index (χ0v) is 44.7. The molecular weight excluding hydrogens is 953 g/mol. The van der Waals surface area contributed by atoms with E-state index >= 15 is 0 Å². The van der Waals surface area contributed by atoms with E-state index in [2.05, 4.69) is 182 Å². The van der Waals surface area contributed by atoms with Gasteiger partial charge in [0.05, 0.1) is 12.0 Å². The van der Waals surface area contributed by atoms with Crippen LogP contribution in [0.3, 0.4) is 0 Å². The number of fused-ring (bicyclic) bond motifs is 6. The number of rotatable bonds is 14. The number of benzene rings is 6. The number of hydrogen-bond donors (Lipinski definition) is 3. The lowest BCUT2D eigenvalue weighted by molar-refractivity contribution is 0.605. The standard InChI is InChI=1S/C70H61N5O.CH5N/c1-6-8-10-11-18-34-56(73-49-52-29-14-12-15-30-52)35-26-39-61-60(48-71)59-47-55(43-45-62(59)70(61)51(4)28-25-27-50(3)57-36-19-22-40-64(57)74-65-41-23-21-38-63(65)70)69(72-5)75-68-58-37-20-24-42-66(58)76-67(68)46-44-54(31-9-7-2)53-32-16-13-17-33-53;1-2/h6-33,35-48,74H,1,4-5,34,49,71H2,2-3H3;2H2,1H3/b9-7+,10-8-,18-11-,28-25-,35-26+,46-44-,50-27+,54-31+,60-48-,61-39+,73-56?,75-69?;. The molecule has 0 amide bonds. The van der Waals surface area contributed by atoms with Crippen molar-refractivity contribution in [3.05, 3.63) is 318 Å². The van der Waals surface area contributed by atoms with E-state index in [0.29, 0.717) is 35.8 Å². The van der Waals surface area contributed by atoms with Crippen molar-refractivity contribution in [2.24, 2.45) is 26.4 Å². The Bertz CT molecular complexity index is 3700. The van der Waals surface area contributed by atoms with Gasteiger partial charge in [0.25, 0.3) is 0 Å². The Labute approximate surface area is 460 Å². The molecule has 1 aliphatic carbocycles. The van der Waals surface area contributed by atoms with E-state index in [1.54, 1.807) is 12.3 Å². The molecule has 2 heterocycles. The maximum absolute atomic E-state index is 6.92. The van der Waals surface area contributed by atoms with Crippen molar-refractivity contribution < 1.29 is 4.42 Å². The molecular formula is C71H66N6O. The molecule has 2 aliphatic rings. The average molecular weight is 1020 g/mol. The van der Waals surface area contributed by atoms with E-state index in [-0.39, 0.29) is 0 Å². The van der Waals surface area contributed by atoms with E-state index < -0.39 is 5.41 Å².